The fourth-order valence-corrected chi connectivity index (χ4v) is 3.82. The molecule has 1 aromatic rings. The van der Waals surface area contributed by atoms with Crippen molar-refractivity contribution in [1.29, 1.82) is 0 Å². The minimum Gasteiger partial charge on any atom is -0.395 e. The zero-order valence-corrected chi connectivity index (χ0v) is 11.6. The quantitative estimate of drug-likeness (QED) is 0.842. The maximum Gasteiger partial charge on any atom is 0.214 e. The van der Waals surface area contributed by atoms with Gasteiger partial charge in [0.15, 0.2) is 0 Å². The van der Waals surface area contributed by atoms with E-state index in [4.69, 9.17) is 4.74 Å². The molecule has 0 saturated carbocycles. The second-order valence-electron chi connectivity index (χ2n) is 4.57. The van der Waals surface area contributed by atoms with Gasteiger partial charge in [0.25, 0.3) is 0 Å². The third-order valence-electron chi connectivity index (χ3n) is 3.23. The third-order valence-corrected chi connectivity index (χ3v) is 5.15. The summed E-state index contributed by atoms with van der Waals surface area (Å²) < 4.78 is 31.1. The fraction of sp³-hybridized carbons (Fsp3) is 0.538. The van der Waals surface area contributed by atoms with Gasteiger partial charge < -0.3 is 9.84 Å². The van der Waals surface area contributed by atoms with Gasteiger partial charge in [0.05, 0.1) is 31.6 Å². The summed E-state index contributed by atoms with van der Waals surface area (Å²) in [5, 5.41) is 9.22. The predicted octanol–water partition coefficient (Wildman–Crippen LogP) is 0.252. The van der Waals surface area contributed by atoms with Crippen molar-refractivity contribution in [2.45, 2.75) is 12.5 Å². The molecule has 19 heavy (non-hydrogen) atoms. The molecule has 1 N–H and O–H groups in total. The molecule has 0 bridgehead atoms. The third kappa shape index (κ3) is 3.76. The van der Waals surface area contributed by atoms with Crippen LogP contribution in [-0.4, -0.2) is 56.0 Å². The zero-order chi connectivity index (χ0) is 13.7. The van der Waals surface area contributed by atoms with Crippen LogP contribution >= 0.6 is 0 Å². The Hall–Kier alpha value is -0.950. The van der Waals surface area contributed by atoms with Crippen LogP contribution in [0, 0.1) is 0 Å². The van der Waals surface area contributed by atoms with E-state index in [-0.39, 0.29) is 19.0 Å². The van der Waals surface area contributed by atoms with Crippen LogP contribution in [0.1, 0.15) is 5.56 Å². The summed E-state index contributed by atoms with van der Waals surface area (Å²) in [6, 6.07) is 9.08. The van der Waals surface area contributed by atoms with E-state index in [0.29, 0.717) is 19.6 Å². The molecule has 1 aromatic carbocycles. The smallest absolute Gasteiger partial charge is 0.214 e. The highest BCUT2D eigenvalue weighted by molar-refractivity contribution is 7.89. The molecule has 1 heterocycles. The number of aliphatic hydroxyl groups excluding tert-OH is 1. The van der Waals surface area contributed by atoms with E-state index in [9.17, 15) is 13.5 Å². The molecule has 1 unspecified atom stereocenters. The van der Waals surface area contributed by atoms with Crippen molar-refractivity contribution in [2.24, 2.45) is 0 Å². The van der Waals surface area contributed by atoms with Gasteiger partial charge in [-0.2, -0.15) is 4.31 Å². The molecular formula is C13H19NO4S. The Morgan fingerprint density at radius 3 is 2.74 bits per heavy atom. The van der Waals surface area contributed by atoms with Crippen LogP contribution < -0.4 is 0 Å². The second kappa shape index (κ2) is 6.47. The average Bonchev–Trinajstić information content (AvgIpc) is 2.46. The number of rotatable bonds is 5. The minimum absolute atomic E-state index is 0.0630. The fourth-order valence-electron chi connectivity index (χ4n) is 2.16. The maximum absolute atomic E-state index is 12.3. The number of morpholine rings is 1. The van der Waals surface area contributed by atoms with Gasteiger partial charge in [0, 0.05) is 6.54 Å². The van der Waals surface area contributed by atoms with Crippen LogP contribution in [0.25, 0.3) is 0 Å². The van der Waals surface area contributed by atoms with Gasteiger partial charge in [-0.15, -0.1) is 0 Å². The molecule has 0 aliphatic carbocycles. The number of sulfonamides is 1. The van der Waals surface area contributed by atoms with Crippen LogP contribution in [0.5, 0.6) is 0 Å². The molecule has 1 atom stereocenters. The number of benzene rings is 1. The lowest BCUT2D eigenvalue weighted by atomic mass is 10.2. The molecule has 0 spiro atoms. The van der Waals surface area contributed by atoms with E-state index < -0.39 is 16.1 Å². The highest BCUT2D eigenvalue weighted by Crippen LogP contribution is 2.14. The highest BCUT2D eigenvalue weighted by atomic mass is 32.2. The summed E-state index contributed by atoms with van der Waals surface area (Å²) in [5.41, 5.74) is 1.000. The van der Waals surface area contributed by atoms with E-state index in [1.165, 1.54) is 4.31 Å². The number of hydrogen-bond donors (Lipinski definition) is 1. The monoisotopic (exact) mass is 285 g/mol. The Labute approximate surface area is 113 Å². The molecule has 6 heteroatoms. The second-order valence-corrected chi connectivity index (χ2v) is 6.61. The summed E-state index contributed by atoms with van der Waals surface area (Å²) in [4.78, 5) is 0. The van der Waals surface area contributed by atoms with Crippen LogP contribution in [0.4, 0.5) is 0 Å². The Kier molecular flexibility index (Phi) is 4.93. The molecule has 1 aliphatic rings. The summed E-state index contributed by atoms with van der Waals surface area (Å²) in [6.07, 6.45) is 0.485. The number of ether oxygens (including phenoxy) is 1. The summed E-state index contributed by atoms with van der Waals surface area (Å²) in [7, 11) is -3.35. The first-order chi connectivity index (χ1) is 9.13. The van der Waals surface area contributed by atoms with Crippen molar-refractivity contribution in [3.8, 4) is 0 Å². The van der Waals surface area contributed by atoms with Gasteiger partial charge in [0.1, 0.15) is 0 Å². The Morgan fingerprint density at radius 2 is 2.05 bits per heavy atom. The Balaban J connectivity index is 2.01. The van der Waals surface area contributed by atoms with Crippen molar-refractivity contribution >= 4 is 10.0 Å². The van der Waals surface area contributed by atoms with Crippen molar-refractivity contribution < 1.29 is 18.3 Å². The molecular weight excluding hydrogens is 266 g/mol. The molecule has 0 aromatic heterocycles. The highest BCUT2D eigenvalue weighted by Gasteiger charge is 2.31. The summed E-state index contributed by atoms with van der Waals surface area (Å²) in [5.74, 6) is 0.0630. The molecule has 0 amide bonds. The first-order valence-electron chi connectivity index (χ1n) is 6.35. The molecule has 1 saturated heterocycles. The van der Waals surface area contributed by atoms with E-state index >= 15 is 0 Å². The van der Waals surface area contributed by atoms with Crippen LogP contribution in [0.3, 0.4) is 0 Å². The molecule has 106 valence electrons. The van der Waals surface area contributed by atoms with Crippen molar-refractivity contribution in [3.63, 3.8) is 0 Å². The van der Waals surface area contributed by atoms with Crippen molar-refractivity contribution in [3.05, 3.63) is 35.9 Å². The number of hydrogen-bond acceptors (Lipinski definition) is 4. The van der Waals surface area contributed by atoms with Crippen LogP contribution in [0.2, 0.25) is 0 Å². The summed E-state index contributed by atoms with van der Waals surface area (Å²) in [6.45, 7) is 0.773. The lowest BCUT2D eigenvalue weighted by Crippen LogP contribution is -2.51. The van der Waals surface area contributed by atoms with Crippen molar-refractivity contribution in [2.75, 3.05) is 32.1 Å². The number of aryl methyl sites for hydroxylation is 1. The van der Waals surface area contributed by atoms with Gasteiger partial charge in [-0.05, 0) is 12.0 Å². The first-order valence-corrected chi connectivity index (χ1v) is 7.96. The molecule has 1 fully saturated rings. The lowest BCUT2D eigenvalue weighted by molar-refractivity contribution is 0.0109. The standard InChI is InChI=1S/C13H19NO4S/c15-10-13-11-18-8-7-14(13)19(16,17)9-6-12-4-2-1-3-5-12/h1-5,13,15H,6-11H2. The van der Waals surface area contributed by atoms with Gasteiger partial charge in [0.2, 0.25) is 10.0 Å². The molecule has 2 rings (SSSR count). The Bertz CT molecular complexity index is 489. The predicted molar refractivity (Wildman–Crippen MR) is 72.3 cm³/mol. The maximum atomic E-state index is 12.3. The minimum atomic E-state index is -3.35. The van der Waals surface area contributed by atoms with Gasteiger partial charge in [-0.25, -0.2) is 8.42 Å². The van der Waals surface area contributed by atoms with Crippen LogP contribution in [-0.2, 0) is 21.2 Å². The topological polar surface area (TPSA) is 66.8 Å². The Morgan fingerprint density at radius 1 is 1.32 bits per heavy atom. The lowest BCUT2D eigenvalue weighted by Gasteiger charge is -2.33. The van der Waals surface area contributed by atoms with Crippen molar-refractivity contribution in [1.82, 2.24) is 4.31 Å². The molecule has 0 radical (unpaired) electrons. The average molecular weight is 285 g/mol. The largest absolute Gasteiger partial charge is 0.395 e. The van der Waals surface area contributed by atoms with E-state index in [0.717, 1.165) is 5.56 Å². The van der Waals surface area contributed by atoms with Gasteiger partial charge >= 0.3 is 0 Å². The molecule has 1 aliphatic heterocycles. The van der Waals surface area contributed by atoms with Crippen LogP contribution in [0.15, 0.2) is 30.3 Å². The molecule has 5 nitrogen and oxygen atoms in total. The summed E-state index contributed by atoms with van der Waals surface area (Å²) >= 11 is 0. The number of aliphatic hydroxyl groups is 1. The number of nitrogens with zero attached hydrogens (tertiary/aromatic N) is 1. The normalized spacial score (nSPS) is 21.4. The van der Waals surface area contributed by atoms with Gasteiger partial charge in [-0.1, -0.05) is 30.3 Å². The van der Waals surface area contributed by atoms with Gasteiger partial charge in [-0.3, -0.25) is 0 Å². The van der Waals surface area contributed by atoms with E-state index in [1.807, 2.05) is 30.3 Å². The van der Waals surface area contributed by atoms with E-state index in [2.05, 4.69) is 0 Å². The van der Waals surface area contributed by atoms with E-state index in [1.54, 1.807) is 0 Å². The SMILES string of the molecule is O=S(=O)(CCc1ccccc1)N1CCOCC1CO. The first kappa shape index (κ1) is 14.5. The zero-order valence-electron chi connectivity index (χ0n) is 10.7.